The molecule has 0 saturated carbocycles. The number of aromatic nitrogens is 2. The monoisotopic (exact) mass is 523 g/mol. The van der Waals surface area contributed by atoms with E-state index in [4.69, 9.17) is 4.74 Å². The molecule has 1 saturated heterocycles. The van der Waals surface area contributed by atoms with Crippen molar-refractivity contribution in [2.45, 2.75) is 32.5 Å². The van der Waals surface area contributed by atoms with Crippen LogP contribution >= 0.6 is 0 Å². The summed E-state index contributed by atoms with van der Waals surface area (Å²) in [4.78, 5) is 31.9. The number of phenolic OH excluding ortho intramolecular Hbond substituents is 1. The molecule has 0 bridgehead atoms. The molecule has 2 heterocycles. The Morgan fingerprint density at radius 3 is 2.51 bits per heavy atom. The number of phenols is 1. The molecule has 0 spiro atoms. The second-order valence-electron chi connectivity index (χ2n) is 9.48. The summed E-state index contributed by atoms with van der Waals surface area (Å²) in [5, 5.41) is 21.4. The molecule has 8 heteroatoms. The number of aromatic hydroxyl groups is 1. The maximum Gasteiger partial charge on any atom is 0.295 e. The van der Waals surface area contributed by atoms with E-state index in [2.05, 4.69) is 4.98 Å². The number of benzene rings is 3. The maximum atomic E-state index is 13.2. The average Bonchev–Trinajstić information content (AvgIpc) is 3.55. The lowest BCUT2D eigenvalue weighted by molar-refractivity contribution is -0.139. The van der Waals surface area contributed by atoms with Crippen molar-refractivity contribution in [1.29, 1.82) is 0 Å². The Bertz CT molecular complexity index is 1510. The summed E-state index contributed by atoms with van der Waals surface area (Å²) in [7, 11) is 0. The highest BCUT2D eigenvalue weighted by Crippen LogP contribution is 2.40. The van der Waals surface area contributed by atoms with Gasteiger partial charge in [0.15, 0.2) is 0 Å². The Balaban J connectivity index is 1.42. The van der Waals surface area contributed by atoms with Gasteiger partial charge >= 0.3 is 0 Å². The standard InChI is InChI=1S/C31H29N3O5/c1-21-6-2-3-7-24(21)19-39-26-12-10-22(11-13-26)29(36)27-28(23-8-4-9-25(35)18-23)34(31(38)30(27)37)16-5-15-33-17-14-32-20-33/h2-4,6-14,17-18,20,28,35-36H,5,15-16,19H2,1H3/t28-/m1/s1. The van der Waals surface area contributed by atoms with Gasteiger partial charge in [-0.25, -0.2) is 4.98 Å². The van der Waals surface area contributed by atoms with Crippen LogP contribution < -0.4 is 4.74 Å². The van der Waals surface area contributed by atoms with Crippen LogP contribution in [0.15, 0.2) is 97.1 Å². The van der Waals surface area contributed by atoms with Crippen LogP contribution in [0.1, 0.15) is 34.7 Å². The van der Waals surface area contributed by atoms with E-state index in [1.54, 1.807) is 48.9 Å². The van der Waals surface area contributed by atoms with E-state index in [0.29, 0.717) is 36.4 Å². The highest BCUT2D eigenvalue weighted by molar-refractivity contribution is 6.46. The predicted molar refractivity (Wildman–Crippen MR) is 146 cm³/mol. The zero-order valence-electron chi connectivity index (χ0n) is 21.5. The first-order chi connectivity index (χ1) is 18.9. The van der Waals surface area contributed by atoms with Gasteiger partial charge in [-0.2, -0.15) is 0 Å². The Labute approximate surface area is 226 Å². The molecular formula is C31H29N3O5. The van der Waals surface area contributed by atoms with Crippen molar-refractivity contribution in [2.24, 2.45) is 0 Å². The molecule has 198 valence electrons. The Kier molecular flexibility index (Phi) is 7.45. The van der Waals surface area contributed by atoms with E-state index >= 15 is 0 Å². The van der Waals surface area contributed by atoms with Gasteiger partial charge in [0.2, 0.25) is 0 Å². The number of Topliss-reactive ketones (excluding diaryl/α,β-unsaturated/α-hetero) is 1. The Morgan fingerprint density at radius 1 is 1.00 bits per heavy atom. The smallest absolute Gasteiger partial charge is 0.295 e. The molecule has 8 nitrogen and oxygen atoms in total. The van der Waals surface area contributed by atoms with Crippen molar-refractivity contribution in [2.75, 3.05) is 6.54 Å². The van der Waals surface area contributed by atoms with Crippen LogP contribution in [-0.4, -0.2) is 42.9 Å². The summed E-state index contributed by atoms with van der Waals surface area (Å²) in [5.74, 6) is -1.10. The van der Waals surface area contributed by atoms with Crippen molar-refractivity contribution >= 4 is 17.4 Å². The second kappa shape index (κ2) is 11.3. The molecule has 1 amide bonds. The number of nitrogens with zero attached hydrogens (tertiary/aromatic N) is 3. The summed E-state index contributed by atoms with van der Waals surface area (Å²) in [6, 6.07) is 20.3. The molecule has 0 aliphatic carbocycles. The van der Waals surface area contributed by atoms with Crippen LogP contribution in [0, 0.1) is 6.92 Å². The zero-order chi connectivity index (χ0) is 27.4. The highest BCUT2D eigenvalue weighted by atomic mass is 16.5. The number of aliphatic hydroxyl groups is 1. The van der Waals surface area contributed by atoms with Gasteiger partial charge in [0.1, 0.15) is 23.9 Å². The van der Waals surface area contributed by atoms with Gasteiger partial charge in [0, 0.05) is 31.0 Å². The fraction of sp³-hybridized carbons (Fsp3) is 0.194. The van der Waals surface area contributed by atoms with E-state index in [1.807, 2.05) is 42.0 Å². The third-order valence-corrected chi connectivity index (χ3v) is 6.88. The Morgan fingerprint density at radius 2 is 1.79 bits per heavy atom. The number of aryl methyl sites for hydroxylation is 2. The van der Waals surface area contributed by atoms with Gasteiger partial charge < -0.3 is 24.4 Å². The van der Waals surface area contributed by atoms with Gasteiger partial charge in [-0.3, -0.25) is 9.59 Å². The fourth-order valence-electron chi connectivity index (χ4n) is 4.79. The average molecular weight is 524 g/mol. The van der Waals surface area contributed by atoms with Gasteiger partial charge in [-0.05, 0) is 66.4 Å². The van der Waals surface area contributed by atoms with E-state index < -0.39 is 17.7 Å². The first-order valence-electron chi connectivity index (χ1n) is 12.7. The van der Waals surface area contributed by atoms with Crippen LogP contribution in [0.3, 0.4) is 0 Å². The minimum Gasteiger partial charge on any atom is -0.508 e. The molecular weight excluding hydrogens is 494 g/mol. The largest absolute Gasteiger partial charge is 0.508 e. The molecule has 1 atom stereocenters. The van der Waals surface area contributed by atoms with Crippen molar-refractivity contribution in [3.8, 4) is 11.5 Å². The number of rotatable bonds is 9. The van der Waals surface area contributed by atoms with Gasteiger partial charge in [0.25, 0.3) is 11.7 Å². The van der Waals surface area contributed by atoms with Crippen molar-refractivity contribution in [1.82, 2.24) is 14.5 Å². The molecule has 4 aromatic rings. The lowest BCUT2D eigenvalue weighted by atomic mass is 9.95. The molecule has 0 radical (unpaired) electrons. The maximum absolute atomic E-state index is 13.2. The Hall–Kier alpha value is -4.85. The summed E-state index contributed by atoms with van der Waals surface area (Å²) < 4.78 is 7.80. The fourth-order valence-corrected chi connectivity index (χ4v) is 4.79. The molecule has 39 heavy (non-hydrogen) atoms. The minimum absolute atomic E-state index is 0.00616. The van der Waals surface area contributed by atoms with Crippen molar-refractivity contribution in [3.05, 3.63) is 119 Å². The van der Waals surface area contributed by atoms with Gasteiger partial charge in [-0.1, -0.05) is 36.4 Å². The first-order valence-corrected chi connectivity index (χ1v) is 12.7. The molecule has 3 aromatic carbocycles. The number of hydrogen-bond donors (Lipinski definition) is 2. The lowest BCUT2D eigenvalue weighted by Crippen LogP contribution is -2.31. The number of ketones is 1. The lowest BCUT2D eigenvalue weighted by Gasteiger charge is -2.25. The molecule has 0 unspecified atom stereocenters. The van der Waals surface area contributed by atoms with E-state index in [-0.39, 0.29) is 23.6 Å². The SMILES string of the molecule is Cc1ccccc1COc1ccc(C(O)=C2C(=O)C(=O)N(CCCn3ccnc3)[C@@H]2c2cccc(O)c2)cc1. The molecule has 1 aromatic heterocycles. The van der Waals surface area contributed by atoms with E-state index in [9.17, 15) is 19.8 Å². The first kappa shape index (κ1) is 25.8. The summed E-state index contributed by atoms with van der Waals surface area (Å²) in [6.07, 6.45) is 5.77. The topological polar surface area (TPSA) is 105 Å². The molecule has 1 fully saturated rings. The summed E-state index contributed by atoms with van der Waals surface area (Å²) in [5.41, 5.74) is 3.12. The van der Waals surface area contributed by atoms with Gasteiger partial charge in [0.05, 0.1) is 17.9 Å². The van der Waals surface area contributed by atoms with E-state index in [0.717, 1.165) is 11.1 Å². The number of carbonyl (C=O) groups excluding carboxylic acids is 2. The van der Waals surface area contributed by atoms with Crippen LogP contribution in [0.25, 0.3) is 5.76 Å². The predicted octanol–water partition coefficient (Wildman–Crippen LogP) is 4.99. The summed E-state index contributed by atoms with van der Waals surface area (Å²) >= 11 is 0. The number of aliphatic hydroxyl groups excluding tert-OH is 1. The van der Waals surface area contributed by atoms with Crippen molar-refractivity contribution in [3.63, 3.8) is 0 Å². The third kappa shape index (κ3) is 5.55. The van der Waals surface area contributed by atoms with Gasteiger partial charge in [-0.15, -0.1) is 0 Å². The number of imidazole rings is 1. The molecule has 2 N–H and O–H groups in total. The highest BCUT2D eigenvalue weighted by Gasteiger charge is 2.45. The van der Waals surface area contributed by atoms with Crippen molar-refractivity contribution < 1.29 is 24.5 Å². The minimum atomic E-state index is -0.836. The third-order valence-electron chi connectivity index (χ3n) is 6.88. The molecule has 1 aliphatic rings. The van der Waals surface area contributed by atoms with Crippen LogP contribution in [-0.2, 0) is 22.7 Å². The number of amides is 1. The second-order valence-corrected chi connectivity index (χ2v) is 9.48. The number of ether oxygens (including phenoxy) is 1. The number of likely N-dealkylation sites (tertiary alicyclic amines) is 1. The molecule has 1 aliphatic heterocycles. The van der Waals surface area contributed by atoms with Crippen LogP contribution in [0.5, 0.6) is 11.5 Å². The zero-order valence-corrected chi connectivity index (χ0v) is 21.5. The van der Waals surface area contributed by atoms with E-state index in [1.165, 1.54) is 17.0 Å². The summed E-state index contributed by atoms with van der Waals surface area (Å²) in [6.45, 7) is 3.32. The molecule has 5 rings (SSSR count). The van der Waals surface area contributed by atoms with Crippen LogP contribution in [0.4, 0.5) is 0 Å². The number of hydrogen-bond acceptors (Lipinski definition) is 6. The van der Waals surface area contributed by atoms with Crippen LogP contribution in [0.2, 0.25) is 0 Å². The normalized spacial score (nSPS) is 16.5. The number of carbonyl (C=O) groups is 2. The quantitative estimate of drug-likeness (QED) is 0.182.